The summed E-state index contributed by atoms with van der Waals surface area (Å²) in [5, 5.41) is 13.2. The van der Waals surface area contributed by atoms with E-state index in [1.54, 1.807) is 0 Å². The van der Waals surface area contributed by atoms with Crippen LogP contribution >= 0.6 is 0 Å². The van der Waals surface area contributed by atoms with Crippen molar-refractivity contribution in [3.63, 3.8) is 0 Å². The summed E-state index contributed by atoms with van der Waals surface area (Å²) in [6.45, 7) is 10.3. The molecule has 4 heterocycles. The minimum atomic E-state index is 0.730. The lowest BCUT2D eigenvalue weighted by atomic mass is 10.1. The number of nitriles is 1. The summed E-state index contributed by atoms with van der Waals surface area (Å²) < 4.78 is 5.44. The molecule has 2 N–H and O–H groups in total. The number of hydrogen-bond donors (Lipinski definition) is 2. The predicted octanol–water partition coefficient (Wildman–Crippen LogP) is 3.67. The van der Waals surface area contributed by atoms with Gasteiger partial charge in [0.15, 0.2) is 0 Å². The molecular formula is C28H32N6O. The molecule has 7 nitrogen and oxygen atoms in total. The van der Waals surface area contributed by atoms with E-state index in [1.165, 1.54) is 5.56 Å². The minimum absolute atomic E-state index is 0.730. The summed E-state index contributed by atoms with van der Waals surface area (Å²) in [6.07, 6.45) is 5.97. The number of aromatic nitrogens is 2. The molecule has 2 aliphatic heterocycles. The molecule has 180 valence electrons. The standard InChI is InChI=1S/C28H32N6O/c1-21-26(19-29)28(34-12-10-30-11-13-34)32-27(21)24-8-9-31-25(18-24)7-6-22-2-4-23(5-3-22)20-33-14-16-35-17-15-33/h2-9,18,30,32H,10-17,20H2,1H3. The topological polar surface area (TPSA) is 80.2 Å². The van der Waals surface area contributed by atoms with Gasteiger partial charge >= 0.3 is 0 Å². The second-order valence-electron chi connectivity index (χ2n) is 9.13. The van der Waals surface area contributed by atoms with Crippen molar-refractivity contribution in [1.82, 2.24) is 20.2 Å². The highest BCUT2D eigenvalue weighted by Gasteiger charge is 2.21. The van der Waals surface area contributed by atoms with E-state index in [9.17, 15) is 5.26 Å². The van der Waals surface area contributed by atoms with Crippen LogP contribution in [0.25, 0.3) is 23.4 Å². The highest BCUT2D eigenvalue weighted by atomic mass is 16.5. The third kappa shape index (κ3) is 5.46. The third-order valence-corrected chi connectivity index (χ3v) is 6.78. The van der Waals surface area contributed by atoms with Crippen molar-refractivity contribution in [2.45, 2.75) is 13.5 Å². The molecule has 3 aromatic rings. The van der Waals surface area contributed by atoms with Gasteiger partial charge in [0.25, 0.3) is 0 Å². The maximum Gasteiger partial charge on any atom is 0.124 e. The van der Waals surface area contributed by atoms with Gasteiger partial charge in [-0.15, -0.1) is 0 Å². The van der Waals surface area contributed by atoms with Crippen LogP contribution in [0.15, 0.2) is 42.6 Å². The molecule has 0 spiro atoms. The average Bonchev–Trinajstić information content (AvgIpc) is 3.25. The number of piperazine rings is 1. The number of nitrogens with one attached hydrogen (secondary N) is 2. The van der Waals surface area contributed by atoms with Crippen molar-refractivity contribution in [2.24, 2.45) is 0 Å². The first kappa shape index (κ1) is 23.3. The Labute approximate surface area is 207 Å². The summed E-state index contributed by atoms with van der Waals surface area (Å²) >= 11 is 0. The summed E-state index contributed by atoms with van der Waals surface area (Å²) in [6, 6.07) is 15.2. The monoisotopic (exact) mass is 468 g/mol. The van der Waals surface area contributed by atoms with Crippen molar-refractivity contribution < 1.29 is 4.74 Å². The van der Waals surface area contributed by atoms with E-state index in [0.29, 0.717) is 0 Å². The maximum atomic E-state index is 9.82. The highest BCUT2D eigenvalue weighted by molar-refractivity contribution is 5.76. The van der Waals surface area contributed by atoms with Gasteiger partial charge in [0.1, 0.15) is 11.9 Å². The van der Waals surface area contributed by atoms with Crippen molar-refractivity contribution in [3.05, 3.63) is 70.5 Å². The van der Waals surface area contributed by atoms with Crippen LogP contribution in [0.4, 0.5) is 5.82 Å². The fourth-order valence-electron chi connectivity index (χ4n) is 4.76. The van der Waals surface area contributed by atoms with Crippen LogP contribution in [-0.2, 0) is 11.3 Å². The van der Waals surface area contributed by atoms with Crippen LogP contribution < -0.4 is 10.2 Å². The molecule has 1 aromatic carbocycles. The number of anilines is 1. The van der Waals surface area contributed by atoms with Gasteiger partial charge in [-0.25, -0.2) is 0 Å². The zero-order valence-electron chi connectivity index (χ0n) is 20.3. The summed E-state index contributed by atoms with van der Waals surface area (Å²) in [5.74, 6) is 0.924. The van der Waals surface area contributed by atoms with Gasteiger partial charge in [0.2, 0.25) is 0 Å². The van der Waals surface area contributed by atoms with Gasteiger partial charge in [-0.3, -0.25) is 9.88 Å². The van der Waals surface area contributed by atoms with Gasteiger partial charge in [0, 0.05) is 57.6 Å². The SMILES string of the molecule is Cc1c(-c2ccnc(C=Cc3ccc(CN4CCOCC4)cc3)c2)[nH]c(N2CCNCC2)c1C#N. The Kier molecular flexibility index (Phi) is 7.24. The lowest BCUT2D eigenvalue weighted by Crippen LogP contribution is -2.44. The van der Waals surface area contributed by atoms with E-state index < -0.39 is 0 Å². The zero-order chi connectivity index (χ0) is 24.0. The van der Waals surface area contributed by atoms with Crippen molar-refractivity contribution >= 4 is 18.0 Å². The second-order valence-corrected chi connectivity index (χ2v) is 9.13. The quantitative estimate of drug-likeness (QED) is 0.575. The van der Waals surface area contributed by atoms with Gasteiger partial charge in [-0.1, -0.05) is 30.3 Å². The number of morpholine rings is 1. The number of pyridine rings is 1. The Morgan fingerprint density at radius 3 is 2.57 bits per heavy atom. The van der Waals surface area contributed by atoms with Crippen molar-refractivity contribution in [2.75, 3.05) is 57.4 Å². The zero-order valence-corrected chi connectivity index (χ0v) is 20.3. The first-order valence-electron chi connectivity index (χ1n) is 12.3. The smallest absolute Gasteiger partial charge is 0.124 e. The Bertz CT molecular complexity index is 1210. The normalized spacial score (nSPS) is 17.1. The average molecular weight is 469 g/mol. The van der Waals surface area contributed by atoms with Gasteiger partial charge in [-0.05, 0) is 41.8 Å². The summed E-state index contributed by atoms with van der Waals surface area (Å²) in [7, 11) is 0. The lowest BCUT2D eigenvalue weighted by molar-refractivity contribution is 0.0342. The molecule has 0 bridgehead atoms. The van der Waals surface area contributed by atoms with E-state index in [2.05, 4.69) is 67.6 Å². The van der Waals surface area contributed by atoms with E-state index in [-0.39, 0.29) is 0 Å². The summed E-state index contributed by atoms with van der Waals surface area (Å²) in [5.41, 5.74) is 7.09. The van der Waals surface area contributed by atoms with E-state index in [1.807, 2.05) is 25.3 Å². The van der Waals surface area contributed by atoms with Gasteiger partial charge in [0.05, 0.1) is 30.2 Å². The Morgan fingerprint density at radius 2 is 1.83 bits per heavy atom. The Balaban J connectivity index is 1.31. The first-order chi connectivity index (χ1) is 17.2. The van der Waals surface area contributed by atoms with E-state index >= 15 is 0 Å². The van der Waals surface area contributed by atoms with Crippen molar-refractivity contribution in [3.8, 4) is 17.3 Å². The van der Waals surface area contributed by atoms with Crippen LogP contribution in [0, 0.1) is 18.3 Å². The molecule has 0 saturated carbocycles. The largest absolute Gasteiger partial charge is 0.379 e. The fraction of sp³-hybridized carbons (Fsp3) is 0.357. The number of aromatic amines is 1. The molecule has 7 heteroatoms. The van der Waals surface area contributed by atoms with Crippen LogP contribution in [0.2, 0.25) is 0 Å². The molecule has 0 atom stereocenters. The van der Waals surface area contributed by atoms with Crippen LogP contribution in [-0.4, -0.2) is 67.4 Å². The number of rotatable bonds is 6. The van der Waals surface area contributed by atoms with Gasteiger partial charge < -0.3 is 19.9 Å². The molecule has 2 aliphatic rings. The molecule has 0 amide bonds. The van der Waals surface area contributed by atoms with Crippen molar-refractivity contribution in [1.29, 1.82) is 5.26 Å². The molecular weight excluding hydrogens is 436 g/mol. The second kappa shape index (κ2) is 10.9. The number of nitrogens with zero attached hydrogens (tertiary/aromatic N) is 4. The fourth-order valence-corrected chi connectivity index (χ4v) is 4.76. The molecule has 2 aromatic heterocycles. The first-order valence-corrected chi connectivity index (χ1v) is 12.3. The number of hydrogen-bond acceptors (Lipinski definition) is 6. The molecule has 2 fully saturated rings. The Morgan fingerprint density at radius 1 is 1.06 bits per heavy atom. The molecule has 0 unspecified atom stereocenters. The lowest BCUT2D eigenvalue weighted by Gasteiger charge is -2.28. The third-order valence-electron chi connectivity index (χ3n) is 6.78. The summed E-state index contributed by atoms with van der Waals surface area (Å²) in [4.78, 5) is 12.8. The Hall–Kier alpha value is -3.44. The molecule has 2 saturated heterocycles. The van der Waals surface area contributed by atoms with Crippen LogP contribution in [0.3, 0.4) is 0 Å². The van der Waals surface area contributed by atoms with E-state index in [0.717, 1.165) is 98.5 Å². The van der Waals surface area contributed by atoms with Crippen LogP contribution in [0.5, 0.6) is 0 Å². The maximum absolute atomic E-state index is 9.82. The molecule has 0 aliphatic carbocycles. The predicted molar refractivity (Wildman–Crippen MR) is 140 cm³/mol. The minimum Gasteiger partial charge on any atom is -0.379 e. The highest BCUT2D eigenvalue weighted by Crippen LogP contribution is 2.32. The molecule has 35 heavy (non-hydrogen) atoms. The number of benzene rings is 1. The van der Waals surface area contributed by atoms with E-state index in [4.69, 9.17) is 4.74 Å². The molecule has 0 radical (unpaired) electrons. The van der Waals surface area contributed by atoms with Crippen LogP contribution in [0.1, 0.15) is 27.9 Å². The molecule has 5 rings (SSSR count). The number of H-pyrrole nitrogens is 1. The number of ether oxygens (including phenoxy) is 1. The van der Waals surface area contributed by atoms with Gasteiger partial charge in [-0.2, -0.15) is 5.26 Å².